The molecular weight excluding hydrogens is 246 g/mol. The fraction of sp³-hybridized carbons (Fsp3) is 0.333. The number of aromatic nitrogens is 1. The summed E-state index contributed by atoms with van der Waals surface area (Å²) >= 11 is 5.91. The molecule has 0 amide bonds. The van der Waals surface area contributed by atoms with Crippen LogP contribution in [0.4, 0.5) is 0 Å². The van der Waals surface area contributed by atoms with Gasteiger partial charge in [-0.2, -0.15) is 0 Å². The van der Waals surface area contributed by atoms with Gasteiger partial charge in [-0.1, -0.05) is 30.7 Å². The zero-order valence-corrected chi connectivity index (χ0v) is 11.3. The molecule has 1 aliphatic rings. The van der Waals surface area contributed by atoms with E-state index in [4.69, 9.17) is 16.3 Å². The third-order valence-corrected chi connectivity index (χ3v) is 3.71. The van der Waals surface area contributed by atoms with Crippen LogP contribution in [0.5, 0.6) is 0 Å². The van der Waals surface area contributed by atoms with E-state index in [9.17, 15) is 0 Å². The van der Waals surface area contributed by atoms with Crippen LogP contribution in [-0.4, -0.2) is 11.1 Å². The zero-order chi connectivity index (χ0) is 12.7. The molecule has 0 spiro atoms. The number of hydrogen-bond donors (Lipinski definition) is 1. The average molecular weight is 262 g/mol. The van der Waals surface area contributed by atoms with Gasteiger partial charge in [0.05, 0.1) is 6.10 Å². The maximum absolute atomic E-state index is 5.91. The number of epoxide rings is 1. The number of aryl methyl sites for hydroxylation is 1. The van der Waals surface area contributed by atoms with Gasteiger partial charge < -0.3 is 9.72 Å². The number of aromatic amines is 1. The third kappa shape index (κ3) is 2.06. The minimum absolute atomic E-state index is 0.259. The summed E-state index contributed by atoms with van der Waals surface area (Å²) in [7, 11) is 0. The van der Waals surface area contributed by atoms with Crippen molar-refractivity contribution in [3.63, 3.8) is 0 Å². The van der Waals surface area contributed by atoms with Crippen LogP contribution in [0.3, 0.4) is 0 Å². The van der Waals surface area contributed by atoms with Crippen LogP contribution in [0, 0.1) is 6.92 Å². The molecule has 0 radical (unpaired) electrons. The van der Waals surface area contributed by atoms with E-state index in [2.05, 4.69) is 24.9 Å². The Bertz CT molecular complexity index is 558. The SMILES string of the molecule is CCC1OC1c1cc(C)c(-c2ccc(Cl)cc2)[nH]1. The predicted octanol–water partition coefficient (Wildman–Crippen LogP) is 4.49. The van der Waals surface area contributed by atoms with Crippen molar-refractivity contribution in [3.05, 3.63) is 46.6 Å². The Morgan fingerprint density at radius 2 is 2.00 bits per heavy atom. The first-order chi connectivity index (χ1) is 8.69. The number of H-pyrrole nitrogens is 1. The largest absolute Gasteiger partial charge is 0.363 e. The molecule has 18 heavy (non-hydrogen) atoms. The standard InChI is InChI=1S/C15H16ClNO/c1-3-13-15(18-13)12-8-9(2)14(17-12)10-4-6-11(16)7-5-10/h4-8,13,15,17H,3H2,1-2H3. The monoisotopic (exact) mass is 261 g/mol. The van der Waals surface area contributed by atoms with Gasteiger partial charge in [0.1, 0.15) is 6.10 Å². The number of halogens is 1. The summed E-state index contributed by atoms with van der Waals surface area (Å²) in [5.74, 6) is 0. The summed E-state index contributed by atoms with van der Waals surface area (Å²) in [4.78, 5) is 3.48. The number of hydrogen-bond acceptors (Lipinski definition) is 1. The normalized spacial score (nSPS) is 22.2. The second kappa shape index (κ2) is 4.45. The lowest BCUT2D eigenvalue weighted by atomic mass is 10.1. The highest BCUT2D eigenvalue weighted by Gasteiger charge is 2.39. The van der Waals surface area contributed by atoms with Crippen molar-refractivity contribution in [1.29, 1.82) is 0 Å². The Balaban J connectivity index is 1.91. The lowest BCUT2D eigenvalue weighted by Crippen LogP contribution is -1.86. The molecule has 1 N–H and O–H groups in total. The summed E-state index contributed by atoms with van der Waals surface area (Å²) < 4.78 is 5.62. The van der Waals surface area contributed by atoms with Crippen LogP contribution in [0.2, 0.25) is 5.02 Å². The third-order valence-electron chi connectivity index (χ3n) is 3.46. The first-order valence-corrected chi connectivity index (χ1v) is 6.67. The van der Waals surface area contributed by atoms with Crippen LogP contribution in [0.25, 0.3) is 11.3 Å². The van der Waals surface area contributed by atoms with E-state index in [0.29, 0.717) is 6.10 Å². The minimum atomic E-state index is 0.259. The molecule has 1 aromatic carbocycles. The molecule has 2 nitrogen and oxygen atoms in total. The molecule has 1 saturated heterocycles. The summed E-state index contributed by atoms with van der Waals surface area (Å²) in [6, 6.07) is 10.1. The van der Waals surface area contributed by atoms with Crippen LogP contribution in [-0.2, 0) is 4.74 Å². The van der Waals surface area contributed by atoms with Crippen molar-refractivity contribution in [2.24, 2.45) is 0 Å². The number of nitrogens with one attached hydrogen (secondary N) is 1. The molecular formula is C15H16ClNO. The van der Waals surface area contributed by atoms with E-state index < -0.39 is 0 Å². The predicted molar refractivity (Wildman–Crippen MR) is 73.9 cm³/mol. The highest BCUT2D eigenvalue weighted by Crippen LogP contribution is 2.41. The molecule has 1 aromatic heterocycles. The van der Waals surface area contributed by atoms with Crippen molar-refractivity contribution >= 4 is 11.6 Å². The molecule has 3 rings (SSSR count). The molecule has 94 valence electrons. The number of benzene rings is 1. The summed E-state index contributed by atoms with van der Waals surface area (Å²) in [6.07, 6.45) is 1.72. The van der Waals surface area contributed by atoms with Gasteiger partial charge in [-0.05, 0) is 42.7 Å². The molecule has 3 heteroatoms. The first kappa shape index (κ1) is 11.8. The van der Waals surface area contributed by atoms with Crippen LogP contribution < -0.4 is 0 Å². The van der Waals surface area contributed by atoms with Gasteiger partial charge in [-0.25, -0.2) is 0 Å². The molecule has 2 atom stereocenters. The molecule has 0 bridgehead atoms. The van der Waals surface area contributed by atoms with Crippen LogP contribution in [0.1, 0.15) is 30.7 Å². The topological polar surface area (TPSA) is 28.3 Å². The van der Waals surface area contributed by atoms with Crippen molar-refractivity contribution in [2.75, 3.05) is 0 Å². The van der Waals surface area contributed by atoms with Gasteiger partial charge in [-0.15, -0.1) is 0 Å². The van der Waals surface area contributed by atoms with Gasteiger partial charge >= 0.3 is 0 Å². The van der Waals surface area contributed by atoms with Crippen LogP contribution >= 0.6 is 11.6 Å². The van der Waals surface area contributed by atoms with Gasteiger partial charge in [0.2, 0.25) is 0 Å². The Morgan fingerprint density at radius 3 is 2.61 bits per heavy atom. The molecule has 1 aliphatic heterocycles. The van der Waals surface area contributed by atoms with Crippen molar-refractivity contribution in [2.45, 2.75) is 32.5 Å². The summed E-state index contributed by atoms with van der Waals surface area (Å²) in [6.45, 7) is 4.27. The van der Waals surface area contributed by atoms with Gasteiger partial charge in [0.15, 0.2) is 0 Å². The lowest BCUT2D eigenvalue weighted by Gasteiger charge is -2.00. The molecule has 1 fully saturated rings. The number of ether oxygens (including phenoxy) is 1. The molecule has 2 aromatic rings. The van der Waals surface area contributed by atoms with E-state index in [1.165, 1.54) is 11.3 Å². The highest BCUT2D eigenvalue weighted by atomic mass is 35.5. The summed E-state index contributed by atoms with van der Waals surface area (Å²) in [5.41, 5.74) is 4.76. The van der Waals surface area contributed by atoms with E-state index in [1.807, 2.05) is 24.3 Å². The molecule has 0 saturated carbocycles. The maximum Gasteiger partial charge on any atom is 0.124 e. The fourth-order valence-electron chi connectivity index (χ4n) is 2.38. The average Bonchev–Trinajstić information content (AvgIpc) is 3.07. The summed E-state index contributed by atoms with van der Waals surface area (Å²) in [5, 5.41) is 0.764. The second-order valence-electron chi connectivity index (χ2n) is 4.79. The Hall–Kier alpha value is -1.25. The van der Waals surface area contributed by atoms with E-state index in [-0.39, 0.29) is 6.10 Å². The van der Waals surface area contributed by atoms with Gasteiger partial charge in [-0.3, -0.25) is 0 Å². The molecule has 0 aliphatic carbocycles. The Labute approximate surface area is 112 Å². The Kier molecular flexibility index (Phi) is 2.92. The fourth-order valence-corrected chi connectivity index (χ4v) is 2.51. The first-order valence-electron chi connectivity index (χ1n) is 6.30. The zero-order valence-electron chi connectivity index (χ0n) is 10.5. The highest BCUT2D eigenvalue weighted by molar-refractivity contribution is 6.30. The second-order valence-corrected chi connectivity index (χ2v) is 5.23. The van der Waals surface area contributed by atoms with Crippen molar-refractivity contribution < 1.29 is 4.74 Å². The van der Waals surface area contributed by atoms with E-state index in [1.54, 1.807) is 0 Å². The van der Waals surface area contributed by atoms with Gasteiger partial charge in [0, 0.05) is 16.4 Å². The van der Waals surface area contributed by atoms with Crippen LogP contribution in [0.15, 0.2) is 30.3 Å². The Morgan fingerprint density at radius 1 is 1.28 bits per heavy atom. The van der Waals surface area contributed by atoms with E-state index >= 15 is 0 Å². The smallest absolute Gasteiger partial charge is 0.124 e. The molecule has 2 unspecified atom stereocenters. The van der Waals surface area contributed by atoms with Crippen molar-refractivity contribution in [1.82, 2.24) is 4.98 Å². The minimum Gasteiger partial charge on any atom is -0.363 e. The van der Waals surface area contributed by atoms with E-state index in [0.717, 1.165) is 22.7 Å². The number of rotatable bonds is 3. The lowest BCUT2D eigenvalue weighted by molar-refractivity contribution is 0.368. The van der Waals surface area contributed by atoms with Crippen molar-refractivity contribution in [3.8, 4) is 11.3 Å². The quantitative estimate of drug-likeness (QED) is 0.810. The maximum atomic E-state index is 5.91. The van der Waals surface area contributed by atoms with Gasteiger partial charge in [0.25, 0.3) is 0 Å². The molecule has 2 heterocycles.